The molecule has 0 saturated heterocycles. The number of ether oxygens (including phenoxy) is 1. The molecule has 0 aliphatic carbocycles. The average molecular weight is 313 g/mol. The molecule has 0 spiro atoms. The number of hydrogen-bond acceptors (Lipinski definition) is 5. The van der Waals surface area contributed by atoms with Gasteiger partial charge in [0, 0.05) is 42.7 Å². The van der Waals surface area contributed by atoms with Crippen molar-refractivity contribution >= 4 is 23.2 Å². The van der Waals surface area contributed by atoms with Crippen molar-refractivity contribution < 1.29 is 9.53 Å². The van der Waals surface area contributed by atoms with Gasteiger partial charge in [0.25, 0.3) is 0 Å². The van der Waals surface area contributed by atoms with Gasteiger partial charge in [-0.1, -0.05) is 30.3 Å². The summed E-state index contributed by atoms with van der Waals surface area (Å²) in [4.78, 5) is 15.8. The van der Waals surface area contributed by atoms with E-state index in [0.717, 1.165) is 5.56 Å². The molecule has 5 N–H and O–H groups in total. The summed E-state index contributed by atoms with van der Waals surface area (Å²) in [5, 5.41) is 13.4. The van der Waals surface area contributed by atoms with Gasteiger partial charge in [-0.25, -0.2) is 9.78 Å². The van der Waals surface area contributed by atoms with Crippen molar-refractivity contribution in [1.29, 1.82) is 5.41 Å². The number of anilines is 2. The molecule has 0 aliphatic rings. The molecule has 7 nitrogen and oxygen atoms in total. The number of aromatic nitrogens is 1. The molecule has 1 aromatic heterocycles. The second-order valence-corrected chi connectivity index (χ2v) is 4.77. The number of hydrogen-bond donors (Lipinski definition) is 4. The molecule has 0 unspecified atom stereocenters. The SMILES string of the molecule is COCCNC(=O)Nc1cc(N)c(C(=N)c2ccccc2)cn1. The normalized spacial score (nSPS) is 10.1. The zero-order valence-corrected chi connectivity index (χ0v) is 12.8. The molecule has 0 bridgehead atoms. The first-order chi connectivity index (χ1) is 11.1. The number of pyridine rings is 1. The molecule has 7 heteroatoms. The lowest BCUT2D eigenvalue weighted by Gasteiger charge is -2.10. The van der Waals surface area contributed by atoms with E-state index in [1.807, 2.05) is 30.3 Å². The van der Waals surface area contributed by atoms with Crippen LogP contribution in [0.25, 0.3) is 0 Å². The van der Waals surface area contributed by atoms with Crippen molar-refractivity contribution in [3.05, 3.63) is 53.7 Å². The molecular weight excluding hydrogens is 294 g/mol. The summed E-state index contributed by atoms with van der Waals surface area (Å²) in [5.41, 5.74) is 7.91. The number of nitrogens with one attached hydrogen (secondary N) is 3. The van der Waals surface area contributed by atoms with E-state index in [0.29, 0.717) is 30.2 Å². The minimum Gasteiger partial charge on any atom is -0.398 e. The number of methoxy groups -OCH3 is 1. The van der Waals surface area contributed by atoms with Crippen LogP contribution in [0.4, 0.5) is 16.3 Å². The molecule has 2 rings (SSSR count). The Bertz CT molecular complexity index is 688. The Kier molecular flexibility index (Phi) is 5.65. The molecular formula is C16H19N5O2. The van der Waals surface area contributed by atoms with Crippen LogP contribution in [0.2, 0.25) is 0 Å². The van der Waals surface area contributed by atoms with E-state index >= 15 is 0 Å². The molecule has 23 heavy (non-hydrogen) atoms. The lowest BCUT2D eigenvalue weighted by Crippen LogP contribution is -2.31. The molecule has 2 amide bonds. The van der Waals surface area contributed by atoms with E-state index in [9.17, 15) is 4.79 Å². The minimum absolute atomic E-state index is 0.284. The number of rotatable bonds is 6. The predicted molar refractivity (Wildman–Crippen MR) is 89.9 cm³/mol. The fraction of sp³-hybridized carbons (Fsp3) is 0.188. The highest BCUT2D eigenvalue weighted by Crippen LogP contribution is 2.18. The summed E-state index contributed by atoms with van der Waals surface area (Å²) < 4.78 is 4.84. The molecule has 1 heterocycles. The van der Waals surface area contributed by atoms with Gasteiger partial charge in [-0.05, 0) is 0 Å². The zero-order valence-electron chi connectivity index (χ0n) is 12.8. The Morgan fingerprint density at radius 1 is 1.35 bits per heavy atom. The molecule has 0 atom stereocenters. The monoisotopic (exact) mass is 313 g/mol. The maximum Gasteiger partial charge on any atom is 0.320 e. The predicted octanol–water partition coefficient (Wildman–Crippen LogP) is 1.85. The smallest absolute Gasteiger partial charge is 0.320 e. The van der Waals surface area contributed by atoms with Crippen molar-refractivity contribution in [2.24, 2.45) is 0 Å². The van der Waals surface area contributed by atoms with Gasteiger partial charge >= 0.3 is 6.03 Å². The third-order valence-electron chi connectivity index (χ3n) is 3.10. The largest absolute Gasteiger partial charge is 0.398 e. The summed E-state index contributed by atoms with van der Waals surface area (Å²) in [6.07, 6.45) is 1.48. The highest BCUT2D eigenvalue weighted by molar-refractivity contribution is 6.13. The van der Waals surface area contributed by atoms with Gasteiger partial charge in [-0.3, -0.25) is 10.7 Å². The maximum atomic E-state index is 11.6. The standard InChI is InChI=1S/C16H19N5O2/c1-23-8-7-19-16(22)21-14-9-13(17)12(10-20-14)15(18)11-5-3-2-4-6-11/h2-6,9-10,18H,7-8H2,1H3,(H4,17,19,20,21,22). The second kappa shape index (κ2) is 7.90. The maximum absolute atomic E-state index is 11.6. The van der Waals surface area contributed by atoms with Crippen molar-refractivity contribution in [2.75, 3.05) is 31.3 Å². The van der Waals surface area contributed by atoms with E-state index in [1.165, 1.54) is 12.3 Å². The van der Waals surface area contributed by atoms with Crippen LogP contribution in [-0.2, 0) is 4.74 Å². The topological polar surface area (TPSA) is 113 Å². The van der Waals surface area contributed by atoms with E-state index < -0.39 is 0 Å². The summed E-state index contributed by atoms with van der Waals surface area (Å²) >= 11 is 0. The third-order valence-corrected chi connectivity index (χ3v) is 3.10. The number of benzene rings is 1. The van der Waals surface area contributed by atoms with Gasteiger partial charge in [0.2, 0.25) is 0 Å². The Balaban J connectivity index is 2.06. The van der Waals surface area contributed by atoms with E-state index in [2.05, 4.69) is 15.6 Å². The Labute approximate surface area is 134 Å². The lowest BCUT2D eigenvalue weighted by atomic mass is 10.0. The Morgan fingerprint density at radius 3 is 2.74 bits per heavy atom. The summed E-state index contributed by atoms with van der Waals surface area (Å²) in [5.74, 6) is 0.321. The number of carbonyl (C=O) groups is 1. The quantitative estimate of drug-likeness (QED) is 0.481. The van der Waals surface area contributed by atoms with Gasteiger partial charge in [-0.15, -0.1) is 0 Å². The number of amides is 2. The average Bonchev–Trinajstić information content (AvgIpc) is 2.55. The summed E-state index contributed by atoms with van der Waals surface area (Å²) in [6.45, 7) is 0.824. The van der Waals surface area contributed by atoms with Gasteiger partial charge in [-0.2, -0.15) is 0 Å². The van der Waals surface area contributed by atoms with Gasteiger partial charge in [0.1, 0.15) is 5.82 Å². The van der Waals surface area contributed by atoms with Gasteiger partial charge in [0.05, 0.1) is 12.3 Å². The minimum atomic E-state index is -0.389. The number of nitrogen functional groups attached to an aromatic ring is 1. The van der Waals surface area contributed by atoms with Crippen LogP contribution in [0.3, 0.4) is 0 Å². The highest BCUT2D eigenvalue weighted by atomic mass is 16.5. The van der Waals surface area contributed by atoms with Crippen molar-refractivity contribution in [1.82, 2.24) is 10.3 Å². The van der Waals surface area contributed by atoms with Crippen LogP contribution < -0.4 is 16.4 Å². The van der Waals surface area contributed by atoms with Crippen LogP contribution in [-0.4, -0.2) is 37.0 Å². The van der Waals surface area contributed by atoms with E-state index in [4.69, 9.17) is 15.9 Å². The van der Waals surface area contributed by atoms with E-state index in [-0.39, 0.29) is 11.7 Å². The van der Waals surface area contributed by atoms with Crippen LogP contribution in [0.1, 0.15) is 11.1 Å². The van der Waals surface area contributed by atoms with E-state index in [1.54, 1.807) is 7.11 Å². The fourth-order valence-corrected chi connectivity index (χ4v) is 1.94. The van der Waals surface area contributed by atoms with Crippen molar-refractivity contribution in [3.8, 4) is 0 Å². The van der Waals surface area contributed by atoms with Crippen molar-refractivity contribution in [3.63, 3.8) is 0 Å². The number of carbonyl (C=O) groups excluding carboxylic acids is 1. The Hall–Kier alpha value is -2.93. The lowest BCUT2D eigenvalue weighted by molar-refractivity contribution is 0.198. The molecule has 2 aromatic rings. The molecule has 0 saturated carbocycles. The van der Waals surface area contributed by atoms with Gasteiger partial charge in [0.15, 0.2) is 0 Å². The molecule has 120 valence electrons. The molecule has 0 aliphatic heterocycles. The first kappa shape index (κ1) is 16.4. The number of nitrogens with zero attached hydrogens (tertiary/aromatic N) is 1. The highest BCUT2D eigenvalue weighted by Gasteiger charge is 2.11. The first-order valence-electron chi connectivity index (χ1n) is 7.05. The van der Waals surface area contributed by atoms with Gasteiger partial charge < -0.3 is 15.8 Å². The van der Waals surface area contributed by atoms with Crippen LogP contribution >= 0.6 is 0 Å². The Morgan fingerprint density at radius 2 is 2.09 bits per heavy atom. The van der Waals surface area contributed by atoms with Crippen LogP contribution in [0.15, 0.2) is 42.6 Å². The summed E-state index contributed by atoms with van der Waals surface area (Å²) in [7, 11) is 1.56. The fourth-order valence-electron chi connectivity index (χ4n) is 1.94. The first-order valence-corrected chi connectivity index (χ1v) is 7.05. The summed E-state index contributed by atoms with van der Waals surface area (Å²) in [6, 6.07) is 10.4. The zero-order chi connectivity index (χ0) is 16.7. The third kappa shape index (κ3) is 4.52. The van der Waals surface area contributed by atoms with Crippen LogP contribution in [0, 0.1) is 5.41 Å². The number of urea groups is 1. The van der Waals surface area contributed by atoms with Crippen molar-refractivity contribution in [2.45, 2.75) is 0 Å². The second-order valence-electron chi connectivity index (χ2n) is 4.77. The number of nitrogens with two attached hydrogens (primary N) is 1. The molecule has 0 radical (unpaired) electrons. The van der Waals surface area contributed by atoms with Crippen LogP contribution in [0.5, 0.6) is 0 Å². The molecule has 1 aromatic carbocycles. The molecule has 0 fully saturated rings.